The maximum absolute atomic E-state index is 12.0. The minimum absolute atomic E-state index is 0.196. The van der Waals surface area contributed by atoms with Gasteiger partial charge in [-0.2, -0.15) is 0 Å². The zero-order valence-electron chi connectivity index (χ0n) is 10.8. The highest BCUT2D eigenvalue weighted by Gasteiger charge is 2.30. The fourth-order valence-corrected chi connectivity index (χ4v) is 1.98. The predicted molar refractivity (Wildman–Crippen MR) is 72.4 cm³/mol. The molecule has 0 saturated heterocycles. The standard InChI is InChI=1S/C13H17BrF3NO/c1-9(7-14)10(2)18-8-11-3-5-12(6-4-11)19-13(15,16)17/h3-6,9-10,18H,7-8H2,1-2H3. The van der Waals surface area contributed by atoms with Crippen LogP contribution in [0.2, 0.25) is 0 Å². The summed E-state index contributed by atoms with van der Waals surface area (Å²) < 4.78 is 39.8. The van der Waals surface area contributed by atoms with Crippen LogP contribution in [0.4, 0.5) is 13.2 Å². The quantitative estimate of drug-likeness (QED) is 0.788. The van der Waals surface area contributed by atoms with Gasteiger partial charge in [0, 0.05) is 17.9 Å². The monoisotopic (exact) mass is 339 g/mol. The van der Waals surface area contributed by atoms with Gasteiger partial charge in [-0.15, -0.1) is 13.2 Å². The average molecular weight is 340 g/mol. The molecule has 0 spiro atoms. The molecule has 0 saturated carbocycles. The summed E-state index contributed by atoms with van der Waals surface area (Å²) in [6.45, 7) is 4.81. The van der Waals surface area contributed by atoms with Gasteiger partial charge in [0.2, 0.25) is 0 Å². The number of alkyl halides is 4. The Kier molecular flexibility index (Phi) is 6.13. The third-order valence-corrected chi connectivity index (χ3v) is 3.90. The van der Waals surface area contributed by atoms with E-state index >= 15 is 0 Å². The summed E-state index contributed by atoms with van der Waals surface area (Å²) in [5, 5.41) is 4.23. The van der Waals surface area contributed by atoms with Crippen LogP contribution in [0.1, 0.15) is 19.4 Å². The second-order valence-electron chi connectivity index (χ2n) is 4.49. The third-order valence-electron chi connectivity index (χ3n) is 2.88. The summed E-state index contributed by atoms with van der Waals surface area (Å²) in [7, 11) is 0. The molecular weight excluding hydrogens is 323 g/mol. The number of halogens is 4. The fourth-order valence-electron chi connectivity index (χ4n) is 1.42. The Bertz CT molecular complexity index is 380. The van der Waals surface area contributed by atoms with E-state index in [0.717, 1.165) is 10.9 Å². The maximum Gasteiger partial charge on any atom is 0.573 e. The second-order valence-corrected chi connectivity index (χ2v) is 5.14. The van der Waals surface area contributed by atoms with Gasteiger partial charge in [0.25, 0.3) is 0 Å². The van der Waals surface area contributed by atoms with Crippen LogP contribution >= 0.6 is 15.9 Å². The lowest BCUT2D eigenvalue weighted by Crippen LogP contribution is -2.32. The molecule has 0 aromatic heterocycles. The van der Waals surface area contributed by atoms with Crippen LogP contribution in [-0.4, -0.2) is 17.7 Å². The van der Waals surface area contributed by atoms with Gasteiger partial charge in [-0.3, -0.25) is 0 Å². The fraction of sp³-hybridized carbons (Fsp3) is 0.538. The van der Waals surface area contributed by atoms with E-state index in [0.29, 0.717) is 18.5 Å². The first-order valence-electron chi connectivity index (χ1n) is 5.96. The topological polar surface area (TPSA) is 21.3 Å². The van der Waals surface area contributed by atoms with Crippen LogP contribution in [0.25, 0.3) is 0 Å². The van der Waals surface area contributed by atoms with Crippen LogP contribution in [0.3, 0.4) is 0 Å². The molecule has 108 valence electrons. The Labute approximate surface area is 119 Å². The van der Waals surface area contributed by atoms with Crippen molar-refractivity contribution in [2.75, 3.05) is 5.33 Å². The molecule has 2 unspecified atom stereocenters. The Morgan fingerprint density at radius 3 is 2.26 bits per heavy atom. The maximum atomic E-state index is 12.0. The van der Waals surface area contributed by atoms with Gasteiger partial charge in [-0.1, -0.05) is 35.0 Å². The van der Waals surface area contributed by atoms with Gasteiger partial charge >= 0.3 is 6.36 Å². The van der Waals surface area contributed by atoms with E-state index in [-0.39, 0.29) is 5.75 Å². The molecule has 0 radical (unpaired) electrons. The van der Waals surface area contributed by atoms with Crippen LogP contribution in [-0.2, 0) is 6.54 Å². The molecule has 0 amide bonds. The van der Waals surface area contributed by atoms with Crippen molar-refractivity contribution in [3.63, 3.8) is 0 Å². The first-order chi connectivity index (χ1) is 8.81. The van der Waals surface area contributed by atoms with Crippen LogP contribution in [0.5, 0.6) is 5.75 Å². The molecule has 1 N–H and O–H groups in total. The Hall–Kier alpha value is -0.750. The molecule has 0 heterocycles. The highest BCUT2D eigenvalue weighted by molar-refractivity contribution is 9.09. The Morgan fingerprint density at radius 2 is 1.79 bits per heavy atom. The van der Waals surface area contributed by atoms with Crippen molar-refractivity contribution in [1.29, 1.82) is 0 Å². The number of benzene rings is 1. The number of ether oxygens (including phenoxy) is 1. The smallest absolute Gasteiger partial charge is 0.406 e. The van der Waals surface area contributed by atoms with Crippen molar-refractivity contribution < 1.29 is 17.9 Å². The molecule has 0 bridgehead atoms. The molecule has 19 heavy (non-hydrogen) atoms. The zero-order chi connectivity index (χ0) is 14.5. The van der Waals surface area contributed by atoms with E-state index < -0.39 is 6.36 Å². The Balaban J connectivity index is 2.49. The lowest BCUT2D eigenvalue weighted by Gasteiger charge is -2.19. The summed E-state index contributed by atoms with van der Waals surface area (Å²) in [6, 6.07) is 6.22. The van der Waals surface area contributed by atoms with Gasteiger partial charge < -0.3 is 10.1 Å². The molecule has 0 aliphatic carbocycles. The highest BCUT2D eigenvalue weighted by Crippen LogP contribution is 2.22. The minimum Gasteiger partial charge on any atom is -0.406 e. The minimum atomic E-state index is -4.64. The molecular formula is C13H17BrF3NO. The molecule has 0 aliphatic heterocycles. The highest BCUT2D eigenvalue weighted by atomic mass is 79.9. The summed E-state index contributed by atoms with van der Waals surface area (Å²) in [5.41, 5.74) is 0.920. The number of hydrogen-bond donors (Lipinski definition) is 1. The summed E-state index contributed by atoms with van der Waals surface area (Å²) in [4.78, 5) is 0. The first-order valence-corrected chi connectivity index (χ1v) is 7.08. The van der Waals surface area contributed by atoms with Crippen LogP contribution in [0, 0.1) is 5.92 Å². The van der Waals surface area contributed by atoms with Gasteiger partial charge in [0.1, 0.15) is 5.75 Å². The van der Waals surface area contributed by atoms with E-state index in [1.165, 1.54) is 12.1 Å². The molecule has 1 aromatic carbocycles. The molecule has 2 atom stereocenters. The summed E-state index contributed by atoms with van der Waals surface area (Å²) in [6.07, 6.45) is -4.64. The normalized spacial score (nSPS) is 15.1. The molecule has 6 heteroatoms. The largest absolute Gasteiger partial charge is 0.573 e. The van der Waals surface area contributed by atoms with E-state index in [1.807, 2.05) is 0 Å². The summed E-state index contributed by atoms with van der Waals surface area (Å²) >= 11 is 3.42. The number of rotatable bonds is 6. The lowest BCUT2D eigenvalue weighted by atomic mass is 10.1. The molecule has 1 rings (SSSR count). The van der Waals surface area contributed by atoms with Crippen LogP contribution < -0.4 is 10.1 Å². The second kappa shape index (κ2) is 7.14. The Morgan fingerprint density at radius 1 is 1.21 bits per heavy atom. The van der Waals surface area contributed by atoms with Crippen molar-refractivity contribution in [2.45, 2.75) is 32.8 Å². The molecule has 1 aromatic rings. The van der Waals surface area contributed by atoms with Crippen molar-refractivity contribution in [3.8, 4) is 5.75 Å². The van der Waals surface area contributed by atoms with Gasteiger partial charge in [-0.25, -0.2) is 0 Å². The summed E-state index contributed by atoms with van der Waals surface area (Å²) in [5.74, 6) is 0.283. The molecule has 0 aliphatic rings. The van der Waals surface area contributed by atoms with Crippen molar-refractivity contribution in [2.24, 2.45) is 5.92 Å². The predicted octanol–water partition coefficient (Wildman–Crippen LogP) is 4.09. The van der Waals surface area contributed by atoms with E-state index in [4.69, 9.17) is 0 Å². The van der Waals surface area contributed by atoms with Crippen molar-refractivity contribution >= 4 is 15.9 Å². The number of nitrogens with one attached hydrogen (secondary N) is 1. The van der Waals surface area contributed by atoms with E-state index in [2.05, 4.69) is 39.8 Å². The van der Waals surface area contributed by atoms with E-state index in [9.17, 15) is 13.2 Å². The van der Waals surface area contributed by atoms with Gasteiger partial charge in [0.15, 0.2) is 0 Å². The third kappa shape index (κ3) is 6.29. The van der Waals surface area contributed by atoms with Crippen molar-refractivity contribution in [1.82, 2.24) is 5.32 Å². The van der Waals surface area contributed by atoms with Gasteiger partial charge in [-0.05, 0) is 30.5 Å². The van der Waals surface area contributed by atoms with E-state index in [1.54, 1.807) is 12.1 Å². The SMILES string of the molecule is CC(CBr)C(C)NCc1ccc(OC(F)(F)F)cc1. The average Bonchev–Trinajstić information content (AvgIpc) is 2.34. The molecule has 0 fully saturated rings. The van der Waals surface area contributed by atoms with Crippen molar-refractivity contribution in [3.05, 3.63) is 29.8 Å². The first kappa shape index (κ1) is 16.3. The van der Waals surface area contributed by atoms with Gasteiger partial charge in [0.05, 0.1) is 0 Å². The number of hydrogen-bond acceptors (Lipinski definition) is 2. The zero-order valence-corrected chi connectivity index (χ0v) is 12.4. The van der Waals surface area contributed by atoms with Crippen LogP contribution in [0.15, 0.2) is 24.3 Å². The molecule has 2 nitrogen and oxygen atoms in total. The lowest BCUT2D eigenvalue weighted by molar-refractivity contribution is -0.274.